The third-order valence-corrected chi connectivity index (χ3v) is 5.98. The van der Waals surface area contributed by atoms with Gasteiger partial charge in [-0.3, -0.25) is 9.78 Å². The second-order valence-electron chi connectivity index (χ2n) is 8.40. The molecule has 5 aromatic rings. The van der Waals surface area contributed by atoms with E-state index in [9.17, 15) is 4.79 Å². The first-order valence-corrected chi connectivity index (χ1v) is 11.7. The predicted octanol–water partition coefficient (Wildman–Crippen LogP) is 3.41. The maximum Gasteiger partial charge on any atom is 0.291 e. The van der Waals surface area contributed by atoms with Gasteiger partial charge in [0.1, 0.15) is 5.52 Å². The first kappa shape index (κ1) is 22.6. The fourth-order valence-electron chi connectivity index (χ4n) is 4.09. The number of nitrogens with two attached hydrogens (primary N) is 1. The van der Waals surface area contributed by atoms with E-state index in [0.717, 1.165) is 16.9 Å². The Morgan fingerprint density at radius 2 is 1.68 bits per heavy atom. The van der Waals surface area contributed by atoms with Crippen molar-refractivity contribution in [2.24, 2.45) is 0 Å². The van der Waals surface area contributed by atoms with E-state index in [2.05, 4.69) is 20.2 Å². The number of rotatable bonds is 5. The fourth-order valence-corrected chi connectivity index (χ4v) is 4.09. The van der Waals surface area contributed by atoms with Crippen LogP contribution in [0, 0.1) is 0 Å². The number of furan rings is 1. The highest BCUT2D eigenvalue weighted by atomic mass is 16.5. The van der Waals surface area contributed by atoms with Gasteiger partial charge in [0.25, 0.3) is 5.91 Å². The normalized spacial score (nSPS) is 13.6. The maximum absolute atomic E-state index is 12.2. The summed E-state index contributed by atoms with van der Waals surface area (Å²) in [5.74, 6) is 1.36. The minimum atomic E-state index is -0.309. The Morgan fingerprint density at radius 1 is 0.919 bits per heavy atom. The minimum Gasteiger partial charge on any atom is -0.459 e. The van der Waals surface area contributed by atoms with Gasteiger partial charge in [-0.25, -0.2) is 19.9 Å². The lowest BCUT2D eigenvalue weighted by atomic mass is 10.1. The molecule has 1 fully saturated rings. The largest absolute Gasteiger partial charge is 0.459 e. The van der Waals surface area contributed by atoms with E-state index in [-0.39, 0.29) is 17.6 Å². The van der Waals surface area contributed by atoms with Crippen molar-refractivity contribution in [3.05, 3.63) is 73.1 Å². The van der Waals surface area contributed by atoms with E-state index >= 15 is 0 Å². The van der Waals surface area contributed by atoms with Crippen molar-refractivity contribution in [3.8, 4) is 22.5 Å². The molecule has 11 heteroatoms. The van der Waals surface area contributed by atoms with Crippen LogP contribution in [0.1, 0.15) is 10.6 Å². The second-order valence-corrected chi connectivity index (χ2v) is 8.40. The van der Waals surface area contributed by atoms with Gasteiger partial charge in [0, 0.05) is 42.9 Å². The Bertz CT molecular complexity index is 1550. The fraction of sp³-hybridized carbons (Fsp3) is 0.154. The number of morpholine rings is 1. The number of pyridine rings is 1. The topological polar surface area (TPSA) is 145 Å². The molecule has 0 radical (unpaired) electrons. The molecule has 11 nitrogen and oxygen atoms in total. The van der Waals surface area contributed by atoms with Crippen LogP contribution in [0.5, 0.6) is 0 Å². The van der Waals surface area contributed by atoms with Crippen LogP contribution in [-0.4, -0.2) is 57.1 Å². The molecule has 1 amide bonds. The van der Waals surface area contributed by atoms with Gasteiger partial charge in [0.15, 0.2) is 17.4 Å². The van der Waals surface area contributed by atoms with E-state index in [1.807, 2.05) is 30.3 Å². The van der Waals surface area contributed by atoms with Crippen LogP contribution in [0.3, 0.4) is 0 Å². The molecular weight excluding hydrogens is 472 g/mol. The van der Waals surface area contributed by atoms with Gasteiger partial charge in [0.2, 0.25) is 5.95 Å². The molecular formula is C26H22N8O3. The summed E-state index contributed by atoms with van der Waals surface area (Å²) in [7, 11) is 0. The monoisotopic (exact) mass is 494 g/mol. The van der Waals surface area contributed by atoms with Crippen molar-refractivity contribution >= 4 is 34.4 Å². The molecule has 0 bridgehead atoms. The Labute approximate surface area is 211 Å². The summed E-state index contributed by atoms with van der Waals surface area (Å²) in [6.07, 6.45) is 6.49. The van der Waals surface area contributed by atoms with Gasteiger partial charge in [-0.05, 0) is 35.9 Å². The zero-order chi connectivity index (χ0) is 25.2. The summed E-state index contributed by atoms with van der Waals surface area (Å²) >= 11 is 0. The van der Waals surface area contributed by atoms with E-state index in [4.69, 9.17) is 29.8 Å². The lowest BCUT2D eigenvalue weighted by Gasteiger charge is -2.28. The molecule has 4 aromatic heterocycles. The van der Waals surface area contributed by atoms with Gasteiger partial charge in [0.05, 0.1) is 30.6 Å². The number of amides is 1. The van der Waals surface area contributed by atoms with E-state index in [1.165, 1.54) is 6.26 Å². The van der Waals surface area contributed by atoms with Crippen LogP contribution in [0.25, 0.3) is 33.5 Å². The van der Waals surface area contributed by atoms with Gasteiger partial charge in [-0.1, -0.05) is 12.1 Å². The molecule has 0 aliphatic carbocycles. The zero-order valence-corrected chi connectivity index (χ0v) is 19.7. The standard InChI is InChI=1S/C26H22N8O3/c27-26-29-14-18(15-30-26)23-32-20-12-17(13-28-22(20)24(33-23)34-7-10-36-11-8-34)16-3-5-19(6-4-16)31-25(35)21-2-1-9-37-21/h1-6,9,12-15H,7-8,10-11H2,(H,31,35)(H2,27,29,30). The molecule has 1 aromatic carbocycles. The molecule has 37 heavy (non-hydrogen) atoms. The number of benzene rings is 1. The number of carbonyl (C=O) groups is 1. The molecule has 6 rings (SSSR count). The van der Waals surface area contributed by atoms with Crippen molar-refractivity contribution in [1.82, 2.24) is 24.9 Å². The first-order chi connectivity index (χ1) is 18.1. The number of aromatic nitrogens is 5. The summed E-state index contributed by atoms with van der Waals surface area (Å²) < 4.78 is 10.7. The van der Waals surface area contributed by atoms with Gasteiger partial charge >= 0.3 is 0 Å². The number of hydrogen-bond donors (Lipinski definition) is 2. The van der Waals surface area contributed by atoms with Crippen LogP contribution in [0.15, 0.2) is 71.7 Å². The highest BCUT2D eigenvalue weighted by Crippen LogP contribution is 2.30. The molecule has 0 saturated carbocycles. The molecule has 5 heterocycles. The highest BCUT2D eigenvalue weighted by Gasteiger charge is 2.20. The molecule has 0 atom stereocenters. The summed E-state index contributed by atoms with van der Waals surface area (Å²) in [6.45, 7) is 2.65. The number of nitrogens with zero attached hydrogens (tertiary/aromatic N) is 6. The number of ether oxygens (including phenoxy) is 1. The summed E-state index contributed by atoms with van der Waals surface area (Å²) in [5.41, 5.74) is 10.2. The Morgan fingerprint density at radius 3 is 2.41 bits per heavy atom. The Balaban J connectivity index is 1.36. The van der Waals surface area contributed by atoms with Crippen molar-refractivity contribution in [2.45, 2.75) is 0 Å². The van der Waals surface area contributed by atoms with Crippen LogP contribution in [-0.2, 0) is 4.74 Å². The minimum absolute atomic E-state index is 0.186. The highest BCUT2D eigenvalue weighted by molar-refractivity contribution is 6.02. The SMILES string of the molecule is Nc1ncc(-c2nc(N3CCOCC3)c3ncc(-c4ccc(NC(=O)c5ccco5)cc4)cc3n2)cn1. The number of fused-ring (bicyclic) bond motifs is 1. The van der Waals surface area contributed by atoms with Gasteiger partial charge < -0.3 is 25.1 Å². The third-order valence-electron chi connectivity index (χ3n) is 5.98. The molecule has 1 aliphatic rings. The van der Waals surface area contributed by atoms with E-state index < -0.39 is 0 Å². The van der Waals surface area contributed by atoms with E-state index in [1.54, 1.807) is 30.7 Å². The van der Waals surface area contributed by atoms with Gasteiger partial charge in [-0.15, -0.1) is 0 Å². The number of nitrogen functional groups attached to an aromatic ring is 1. The smallest absolute Gasteiger partial charge is 0.291 e. The average molecular weight is 495 g/mol. The zero-order valence-electron chi connectivity index (χ0n) is 19.7. The Hall–Kier alpha value is -4.90. The van der Waals surface area contributed by atoms with Crippen molar-refractivity contribution in [1.29, 1.82) is 0 Å². The Kier molecular flexibility index (Phi) is 5.87. The van der Waals surface area contributed by atoms with E-state index in [0.29, 0.717) is 54.4 Å². The second kappa shape index (κ2) is 9.63. The van der Waals surface area contributed by atoms with Crippen molar-refractivity contribution < 1.29 is 13.9 Å². The van der Waals surface area contributed by atoms with Gasteiger partial charge in [-0.2, -0.15) is 0 Å². The predicted molar refractivity (Wildman–Crippen MR) is 138 cm³/mol. The number of nitrogens with one attached hydrogen (secondary N) is 1. The number of carbonyl (C=O) groups excluding carboxylic acids is 1. The third kappa shape index (κ3) is 4.67. The molecule has 3 N–H and O–H groups in total. The number of anilines is 3. The van der Waals surface area contributed by atoms with Crippen LogP contribution in [0.2, 0.25) is 0 Å². The molecule has 184 valence electrons. The quantitative estimate of drug-likeness (QED) is 0.373. The lowest BCUT2D eigenvalue weighted by Crippen LogP contribution is -2.37. The summed E-state index contributed by atoms with van der Waals surface area (Å²) in [6, 6.07) is 12.8. The van der Waals surface area contributed by atoms with Crippen molar-refractivity contribution in [3.63, 3.8) is 0 Å². The average Bonchev–Trinajstić information content (AvgIpc) is 3.49. The summed E-state index contributed by atoms with van der Waals surface area (Å²) in [4.78, 5) is 36.9. The van der Waals surface area contributed by atoms with Crippen LogP contribution >= 0.6 is 0 Å². The maximum atomic E-state index is 12.2. The molecule has 0 spiro atoms. The first-order valence-electron chi connectivity index (χ1n) is 11.7. The molecule has 0 unspecified atom stereocenters. The molecule has 1 aliphatic heterocycles. The van der Waals surface area contributed by atoms with Crippen LogP contribution < -0.4 is 16.0 Å². The number of hydrogen-bond acceptors (Lipinski definition) is 10. The van der Waals surface area contributed by atoms with Crippen molar-refractivity contribution in [2.75, 3.05) is 42.3 Å². The lowest BCUT2D eigenvalue weighted by molar-refractivity contribution is 0.0996. The molecule has 1 saturated heterocycles. The van der Waals surface area contributed by atoms with Crippen LogP contribution in [0.4, 0.5) is 17.5 Å². The summed E-state index contributed by atoms with van der Waals surface area (Å²) in [5, 5.41) is 2.82.